The van der Waals surface area contributed by atoms with Crippen molar-refractivity contribution >= 4 is 17.3 Å². The minimum atomic E-state index is 0.602. The van der Waals surface area contributed by atoms with Gasteiger partial charge in [-0.2, -0.15) is 0 Å². The molecule has 0 aromatic carbocycles. The fourth-order valence-corrected chi connectivity index (χ4v) is 3.06. The van der Waals surface area contributed by atoms with Gasteiger partial charge in [-0.25, -0.2) is 0 Å². The summed E-state index contributed by atoms with van der Waals surface area (Å²) in [7, 11) is 0. The average Bonchev–Trinajstić information content (AvgIpc) is 3.00. The van der Waals surface area contributed by atoms with Gasteiger partial charge in [0.15, 0.2) is 5.11 Å². The van der Waals surface area contributed by atoms with E-state index in [-0.39, 0.29) is 0 Å². The van der Waals surface area contributed by atoms with Crippen LogP contribution in [0.25, 0.3) is 0 Å². The third kappa shape index (κ3) is 4.44. The zero-order valence-electron chi connectivity index (χ0n) is 12.3. The highest BCUT2D eigenvalue weighted by molar-refractivity contribution is 7.80. The number of nitrogens with zero attached hydrogens (tertiary/aromatic N) is 2. The van der Waals surface area contributed by atoms with Crippen molar-refractivity contribution in [2.24, 2.45) is 0 Å². The highest BCUT2D eigenvalue weighted by Crippen LogP contribution is 2.25. The maximum Gasteiger partial charge on any atom is 0.169 e. The van der Waals surface area contributed by atoms with E-state index in [1.807, 2.05) is 12.4 Å². The molecular formula is C16H25N3S. The molecule has 1 aromatic heterocycles. The summed E-state index contributed by atoms with van der Waals surface area (Å²) in [4.78, 5) is 6.47. The Hall–Kier alpha value is -1.16. The van der Waals surface area contributed by atoms with E-state index in [1.165, 1.54) is 44.1 Å². The summed E-state index contributed by atoms with van der Waals surface area (Å²) in [6.07, 6.45) is 11.3. The van der Waals surface area contributed by atoms with Crippen LogP contribution in [0.5, 0.6) is 0 Å². The third-order valence-corrected chi connectivity index (χ3v) is 4.31. The van der Waals surface area contributed by atoms with E-state index < -0.39 is 0 Å². The molecule has 1 N–H and O–H groups in total. The molecule has 0 unspecified atom stereocenters. The Morgan fingerprint density at radius 3 is 2.70 bits per heavy atom. The van der Waals surface area contributed by atoms with Gasteiger partial charge in [0.25, 0.3) is 0 Å². The molecule has 4 heteroatoms. The molecule has 1 saturated carbocycles. The van der Waals surface area contributed by atoms with Gasteiger partial charge in [0.1, 0.15) is 0 Å². The maximum absolute atomic E-state index is 5.62. The first-order chi connectivity index (χ1) is 9.81. The Morgan fingerprint density at radius 2 is 2.05 bits per heavy atom. The van der Waals surface area contributed by atoms with E-state index in [0.29, 0.717) is 6.04 Å². The maximum atomic E-state index is 5.62. The van der Waals surface area contributed by atoms with Gasteiger partial charge < -0.3 is 10.2 Å². The Labute approximate surface area is 127 Å². The van der Waals surface area contributed by atoms with Gasteiger partial charge in [-0.1, -0.05) is 26.2 Å². The largest absolute Gasteiger partial charge is 0.363 e. The van der Waals surface area contributed by atoms with Crippen molar-refractivity contribution in [1.29, 1.82) is 0 Å². The van der Waals surface area contributed by atoms with Crippen LogP contribution in [0.1, 0.15) is 51.0 Å². The Bertz CT molecular complexity index is 401. The van der Waals surface area contributed by atoms with Crippen LogP contribution in [0.2, 0.25) is 0 Å². The zero-order chi connectivity index (χ0) is 14.2. The summed E-state index contributed by atoms with van der Waals surface area (Å²) in [5.41, 5.74) is 1.28. The lowest BCUT2D eigenvalue weighted by Gasteiger charge is -2.32. The topological polar surface area (TPSA) is 28.2 Å². The predicted molar refractivity (Wildman–Crippen MR) is 87.5 cm³/mol. The van der Waals surface area contributed by atoms with Gasteiger partial charge in [0, 0.05) is 31.5 Å². The molecule has 0 aliphatic heterocycles. The van der Waals surface area contributed by atoms with Crippen LogP contribution in [-0.4, -0.2) is 27.6 Å². The molecule has 0 atom stereocenters. The monoisotopic (exact) mass is 291 g/mol. The van der Waals surface area contributed by atoms with Crippen LogP contribution in [0, 0.1) is 0 Å². The van der Waals surface area contributed by atoms with E-state index >= 15 is 0 Å². The quantitative estimate of drug-likeness (QED) is 0.641. The van der Waals surface area contributed by atoms with E-state index in [0.717, 1.165) is 18.2 Å². The van der Waals surface area contributed by atoms with E-state index in [1.54, 1.807) is 0 Å². The second-order valence-electron chi connectivity index (χ2n) is 5.51. The molecule has 0 bridgehead atoms. The summed E-state index contributed by atoms with van der Waals surface area (Å²) in [6.45, 7) is 4.08. The van der Waals surface area contributed by atoms with E-state index in [4.69, 9.17) is 12.2 Å². The number of nitrogens with one attached hydrogen (secondary N) is 1. The van der Waals surface area contributed by atoms with Crippen LogP contribution in [-0.2, 0) is 6.54 Å². The molecule has 110 valence electrons. The van der Waals surface area contributed by atoms with Crippen LogP contribution in [0.15, 0.2) is 24.5 Å². The SMILES string of the molecule is CCCCNC(=S)N(Cc1ccncc1)C1CCCC1. The van der Waals surface area contributed by atoms with Crippen LogP contribution >= 0.6 is 12.2 Å². The molecule has 0 saturated heterocycles. The summed E-state index contributed by atoms with van der Waals surface area (Å²) >= 11 is 5.62. The van der Waals surface area contributed by atoms with Gasteiger partial charge in [-0.15, -0.1) is 0 Å². The number of hydrogen-bond acceptors (Lipinski definition) is 2. The molecule has 1 fully saturated rings. The fraction of sp³-hybridized carbons (Fsp3) is 0.625. The van der Waals surface area contributed by atoms with E-state index in [9.17, 15) is 0 Å². The molecule has 0 amide bonds. The van der Waals surface area contributed by atoms with Crippen molar-refractivity contribution in [2.45, 2.75) is 58.0 Å². The lowest BCUT2D eigenvalue weighted by atomic mass is 10.2. The van der Waals surface area contributed by atoms with Crippen molar-refractivity contribution < 1.29 is 0 Å². The average molecular weight is 291 g/mol. The molecule has 3 nitrogen and oxygen atoms in total. The lowest BCUT2D eigenvalue weighted by molar-refractivity contribution is 0.303. The second kappa shape index (κ2) is 8.20. The van der Waals surface area contributed by atoms with Gasteiger partial charge >= 0.3 is 0 Å². The Morgan fingerprint density at radius 1 is 1.35 bits per heavy atom. The molecule has 1 aliphatic carbocycles. The van der Waals surface area contributed by atoms with Gasteiger partial charge in [0.2, 0.25) is 0 Å². The van der Waals surface area contributed by atoms with Crippen molar-refractivity contribution in [3.63, 3.8) is 0 Å². The highest BCUT2D eigenvalue weighted by atomic mass is 32.1. The van der Waals surface area contributed by atoms with Crippen molar-refractivity contribution in [2.75, 3.05) is 6.54 Å². The number of unbranched alkanes of at least 4 members (excludes halogenated alkanes) is 1. The molecule has 1 aliphatic rings. The minimum absolute atomic E-state index is 0.602. The van der Waals surface area contributed by atoms with Crippen LogP contribution in [0.4, 0.5) is 0 Å². The first-order valence-corrected chi connectivity index (χ1v) is 8.15. The number of rotatable bonds is 6. The first kappa shape index (κ1) is 15.2. The molecular weight excluding hydrogens is 266 g/mol. The Kier molecular flexibility index (Phi) is 6.25. The van der Waals surface area contributed by atoms with Crippen molar-refractivity contribution in [1.82, 2.24) is 15.2 Å². The zero-order valence-corrected chi connectivity index (χ0v) is 13.2. The number of thiocarbonyl (C=S) groups is 1. The van der Waals surface area contributed by atoms with Gasteiger partial charge in [-0.05, 0) is 49.2 Å². The predicted octanol–water partition coefficient (Wildman–Crippen LogP) is 3.50. The summed E-state index contributed by atoms with van der Waals surface area (Å²) in [5.74, 6) is 0. The number of pyridine rings is 1. The van der Waals surface area contributed by atoms with Crippen molar-refractivity contribution in [3.8, 4) is 0 Å². The molecule has 1 heterocycles. The summed E-state index contributed by atoms with van der Waals surface area (Å²) in [5, 5.41) is 4.34. The van der Waals surface area contributed by atoms with Crippen molar-refractivity contribution in [3.05, 3.63) is 30.1 Å². The Balaban J connectivity index is 1.98. The van der Waals surface area contributed by atoms with E-state index in [2.05, 4.69) is 34.3 Å². The normalized spacial score (nSPS) is 15.2. The van der Waals surface area contributed by atoms with Crippen LogP contribution < -0.4 is 5.32 Å². The standard InChI is InChI=1S/C16H25N3S/c1-2-3-10-18-16(20)19(15-6-4-5-7-15)13-14-8-11-17-12-9-14/h8-9,11-12,15H,2-7,10,13H2,1H3,(H,18,20). The van der Waals surface area contributed by atoms with Gasteiger partial charge in [0.05, 0.1) is 0 Å². The molecule has 20 heavy (non-hydrogen) atoms. The smallest absolute Gasteiger partial charge is 0.169 e. The summed E-state index contributed by atoms with van der Waals surface area (Å²) < 4.78 is 0. The molecule has 0 spiro atoms. The highest BCUT2D eigenvalue weighted by Gasteiger charge is 2.24. The molecule has 2 rings (SSSR count). The number of hydrogen-bond donors (Lipinski definition) is 1. The minimum Gasteiger partial charge on any atom is -0.363 e. The van der Waals surface area contributed by atoms with Crippen LogP contribution in [0.3, 0.4) is 0 Å². The summed E-state index contributed by atoms with van der Waals surface area (Å²) in [6, 6.07) is 4.76. The first-order valence-electron chi connectivity index (χ1n) is 7.74. The lowest BCUT2D eigenvalue weighted by Crippen LogP contribution is -2.44. The second-order valence-corrected chi connectivity index (χ2v) is 5.89. The fourth-order valence-electron chi connectivity index (χ4n) is 2.74. The molecule has 1 aromatic rings. The molecule has 0 radical (unpaired) electrons. The third-order valence-electron chi connectivity index (χ3n) is 3.94. The number of aromatic nitrogens is 1. The van der Waals surface area contributed by atoms with Gasteiger partial charge in [-0.3, -0.25) is 4.98 Å².